The van der Waals surface area contributed by atoms with Gasteiger partial charge in [-0.1, -0.05) is 0 Å². The molecule has 0 unspecified atom stereocenters. The maximum absolute atomic E-state index is 8.33. The predicted octanol–water partition coefficient (Wildman–Crippen LogP) is -7.34. The summed E-state index contributed by atoms with van der Waals surface area (Å²) in [5.41, 5.74) is 0. The third kappa shape index (κ3) is 6990. The molecule has 0 N–H and O–H groups in total. The van der Waals surface area contributed by atoms with Gasteiger partial charge in [0.1, 0.15) is 0 Å². The number of hydrogen-bond donors (Lipinski definition) is 0. The summed E-state index contributed by atoms with van der Waals surface area (Å²) in [7, 11) is 0. The largest absolute Gasteiger partial charge is 3.00 e. The molecule has 0 amide bonds. The van der Waals surface area contributed by atoms with Crippen LogP contribution in [0.15, 0.2) is 0 Å². The average Bonchev–Trinajstić information content (AvgIpc) is 1.54. The Hall–Kier alpha value is 0.485. The third-order valence-electron chi connectivity index (χ3n) is 0. The van der Waals surface area contributed by atoms with Gasteiger partial charge in [-0.3, -0.25) is 0 Å². The second-order valence-electron chi connectivity index (χ2n) is 0.750. The van der Waals surface area contributed by atoms with Crippen LogP contribution in [0.5, 0.6) is 0 Å². The Balaban J connectivity index is -0.0000000270. The van der Waals surface area contributed by atoms with Crippen LogP contribution in [0.4, 0.5) is 14.4 Å². The molecule has 0 aromatic carbocycles. The molecule has 0 fully saturated rings. The Morgan fingerprint density at radius 1 is 0.500 bits per heavy atom. The van der Waals surface area contributed by atoms with Crippen molar-refractivity contribution < 1.29 is 126 Å². The summed E-state index contributed by atoms with van der Waals surface area (Å²) in [6.07, 6.45) is -7.00. The van der Waals surface area contributed by atoms with Gasteiger partial charge in [-0.05, 0) is 18.5 Å². The molecule has 0 rings (SSSR count). The van der Waals surface area contributed by atoms with Crippen molar-refractivity contribution in [3.8, 4) is 0 Å². The van der Waals surface area contributed by atoms with E-state index in [1.54, 1.807) is 0 Å². The molecule has 0 aliphatic carbocycles. The first-order chi connectivity index (χ1) is 5.20. The average molecular weight is 470 g/mol. The second-order valence-corrected chi connectivity index (χ2v) is 0.750. The maximum atomic E-state index is 8.33. The van der Waals surface area contributed by atoms with Gasteiger partial charge in [-0.2, -0.15) is 0 Å². The first-order valence-electron chi connectivity index (χ1n) is 1.84. The van der Waals surface area contributed by atoms with Crippen molar-refractivity contribution in [2.45, 2.75) is 0 Å². The van der Waals surface area contributed by atoms with E-state index in [1.807, 2.05) is 0 Å². The predicted molar refractivity (Wildman–Crippen MR) is 16.2 cm³/mol. The molecule has 0 atom stereocenters. The van der Waals surface area contributed by atoms with E-state index in [0.717, 1.165) is 0 Å². The molecular formula is C3O9Pm2. The van der Waals surface area contributed by atoms with Gasteiger partial charge in [0.25, 0.3) is 0 Å². The van der Waals surface area contributed by atoms with Gasteiger partial charge in [0, 0.05) is 0 Å². The van der Waals surface area contributed by atoms with E-state index in [2.05, 4.69) is 0 Å². The van der Waals surface area contributed by atoms with Crippen molar-refractivity contribution in [3.05, 3.63) is 0 Å². The van der Waals surface area contributed by atoms with Crippen molar-refractivity contribution in [2.24, 2.45) is 0 Å². The molecule has 0 heterocycles. The zero-order valence-corrected chi connectivity index (χ0v) is 11.8. The molecule has 0 aromatic rings. The van der Waals surface area contributed by atoms with Crippen LogP contribution in [0.3, 0.4) is 0 Å². The zero-order chi connectivity index (χ0) is 10.7. The first kappa shape index (κ1) is 29.3. The summed E-state index contributed by atoms with van der Waals surface area (Å²) in [5.74, 6) is 0. The van der Waals surface area contributed by atoms with E-state index in [-0.39, 0.29) is 80.8 Å². The zero-order valence-electron chi connectivity index (χ0n) is 6.07. The van der Waals surface area contributed by atoms with Gasteiger partial charge in [0.2, 0.25) is 0 Å². The molecule has 14 heavy (non-hydrogen) atoms. The van der Waals surface area contributed by atoms with Crippen molar-refractivity contribution >= 4 is 18.5 Å². The smallest absolute Gasteiger partial charge is 0.652 e. The fraction of sp³-hybridized carbons (Fsp3) is 0. The van der Waals surface area contributed by atoms with E-state index in [4.69, 9.17) is 45.0 Å². The van der Waals surface area contributed by atoms with Gasteiger partial charge in [-0.25, -0.2) is 0 Å². The van der Waals surface area contributed by atoms with Crippen molar-refractivity contribution in [1.29, 1.82) is 0 Å². The number of carbonyl (C=O) groups excluding carboxylic acids is 3. The molecule has 0 spiro atoms. The first-order valence-corrected chi connectivity index (χ1v) is 1.84. The van der Waals surface area contributed by atoms with Crippen LogP contribution in [0.25, 0.3) is 0 Å². The molecule has 0 aliphatic rings. The Bertz CT molecular complexity index is 116. The van der Waals surface area contributed by atoms with Crippen LogP contribution < -0.4 is 30.6 Å². The number of rotatable bonds is 0. The number of hydrogen-bond acceptors (Lipinski definition) is 9. The molecule has 0 bridgehead atoms. The molecule has 9 nitrogen and oxygen atoms in total. The Labute approximate surface area is 142 Å². The van der Waals surface area contributed by atoms with Gasteiger partial charge in [-0.15, -0.1) is 0 Å². The third-order valence-corrected chi connectivity index (χ3v) is 0. The van der Waals surface area contributed by atoms with Crippen molar-refractivity contribution in [2.75, 3.05) is 0 Å². The second kappa shape index (κ2) is 23.4. The van der Waals surface area contributed by atoms with Crippen LogP contribution in [0, 0.1) is 80.8 Å². The Morgan fingerprint density at radius 3 is 0.500 bits per heavy atom. The van der Waals surface area contributed by atoms with Crippen LogP contribution in [-0.4, -0.2) is 18.5 Å². The Kier molecular flexibility index (Phi) is 48.9. The van der Waals surface area contributed by atoms with Gasteiger partial charge >= 0.3 is 80.8 Å². The van der Waals surface area contributed by atoms with Crippen molar-refractivity contribution in [3.63, 3.8) is 0 Å². The number of carboxylic acid groups (broad SMARTS) is 6. The fourth-order valence-corrected chi connectivity index (χ4v) is 0. The molecule has 0 saturated carbocycles. The standard InChI is InChI=1S/3CH2O3.2Pm/c3*2-1(3)4;;/h3*(H2,2,3,4);;/q;;;2*+3/p-6. The van der Waals surface area contributed by atoms with Gasteiger partial charge in [0.05, 0.1) is 0 Å². The molecule has 76 valence electrons. The quantitative estimate of drug-likeness (QED) is 0.331. The summed E-state index contributed by atoms with van der Waals surface area (Å²) in [6.45, 7) is 0. The van der Waals surface area contributed by atoms with E-state index >= 15 is 0 Å². The van der Waals surface area contributed by atoms with E-state index in [0.29, 0.717) is 0 Å². The minimum Gasteiger partial charge on any atom is -0.652 e. The SMILES string of the molecule is O=C([O-])[O-].O=C([O-])[O-].O=C([O-])[O-].[Pm+3].[Pm+3]. The maximum Gasteiger partial charge on any atom is 3.00 e. The van der Waals surface area contributed by atoms with Crippen LogP contribution >= 0.6 is 0 Å². The topological polar surface area (TPSA) is 190 Å². The molecule has 11 heteroatoms. The van der Waals surface area contributed by atoms with Crippen LogP contribution in [-0.2, 0) is 0 Å². The monoisotopic (exact) mass is 470 g/mol. The summed E-state index contributed by atoms with van der Waals surface area (Å²) >= 11 is 0. The summed E-state index contributed by atoms with van der Waals surface area (Å²) in [4.78, 5) is 25.0. The van der Waals surface area contributed by atoms with Gasteiger partial charge in [0.15, 0.2) is 0 Å². The summed E-state index contributed by atoms with van der Waals surface area (Å²) in [5, 5.41) is 50.0. The van der Waals surface area contributed by atoms with Gasteiger partial charge < -0.3 is 45.0 Å². The van der Waals surface area contributed by atoms with Crippen LogP contribution in [0.1, 0.15) is 0 Å². The molecule has 0 radical (unpaired) electrons. The molecule has 0 saturated heterocycles. The molecular weight excluding hydrogens is 470 g/mol. The molecule has 0 aliphatic heterocycles. The molecule has 0 aromatic heterocycles. The minimum absolute atomic E-state index is 0. The fourth-order valence-electron chi connectivity index (χ4n) is 0. The van der Waals surface area contributed by atoms with E-state index < -0.39 is 18.5 Å². The number of carbonyl (C=O) groups is 3. The summed E-state index contributed by atoms with van der Waals surface area (Å²) < 4.78 is 0. The van der Waals surface area contributed by atoms with E-state index in [1.165, 1.54) is 0 Å². The van der Waals surface area contributed by atoms with Crippen LogP contribution in [0.2, 0.25) is 0 Å². The summed E-state index contributed by atoms with van der Waals surface area (Å²) in [6, 6.07) is 0. The van der Waals surface area contributed by atoms with E-state index in [9.17, 15) is 0 Å². The Morgan fingerprint density at radius 2 is 0.500 bits per heavy atom. The minimum atomic E-state index is -2.33. The van der Waals surface area contributed by atoms with Crippen molar-refractivity contribution in [1.82, 2.24) is 0 Å². The normalized spacial score (nSPS) is 5.14.